The Balaban J connectivity index is 1.56. The lowest BCUT2D eigenvalue weighted by atomic mass is 9.90. The Morgan fingerprint density at radius 1 is 1.19 bits per heavy atom. The van der Waals surface area contributed by atoms with E-state index in [1.165, 1.54) is 24.8 Å². The van der Waals surface area contributed by atoms with Crippen LogP contribution in [0.1, 0.15) is 56.8 Å². The molecule has 0 bridgehead atoms. The Bertz CT molecular complexity index is 780. The molecule has 2 aromatic rings. The fraction of sp³-hybridized carbons (Fsp3) is 0.571. The molecule has 0 spiro atoms. The van der Waals surface area contributed by atoms with E-state index in [0.717, 1.165) is 36.8 Å². The van der Waals surface area contributed by atoms with Crippen molar-refractivity contribution in [3.05, 3.63) is 47.8 Å². The first-order chi connectivity index (χ1) is 13.2. The molecule has 1 N–H and O–H groups in total. The van der Waals surface area contributed by atoms with Crippen LogP contribution in [0.25, 0.3) is 0 Å². The lowest BCUT2D eigenvalue weighted by molar-refractivity contribution is 0.248. The van der Waals surface area contributed by atoms with E-state index in [1.807, 2.05) is 16.8 Å². The summed E-state index contributed by atoms with van der Waals surface area (Å²) in [5.74, 6) is 2.59. The summed E-state index contributed by atoms with van der Waals surface area (Å²) in [6.07, 6.45) is 11.7. The van der Waals surface area contributed by atoms with Crippen molar-refractivity contribution in [2.45, 2.75) is 63.6 Å². The molecule has 4 rings (SSSR count). The number of tetrazole rings is 1. The summed E-state index contributed by atoms with van der Waals surface area (Å²) in [7, 11) is 1.68. The number of nitrogens with zero attached hydrogens (tertiary/aromatic N) is 4. The quantitative estimate of drug-likeness (QED) is 0.724. The smallest absolute Gasteiger partial charge is 0.171 e. The van der Waals surface area contributed by atoms with Crippen molar-refractivity contribution in [3.8, 4) is 5.75 Å². The molecule has 1 saturated carbocycles. The zero-order valence-electron chi connectivity index (χ0n) is 16.3. The Kier molecular flexibility index (Phi) is 5.25. The molecular formula is C21H29N5O. The molecule has 0 aliphatic heterocycles. The van der Waals surface area contributed by atoms with Crippen LogP contribution >= 0.6 is 0 Å². The molecule has 27 heavy (non-hydrogen) atoms. The third-order valence-corrected chi connectivity index (χ3v) is 5.70. The molecule has 0 amide bonds. The first-order valence-electron chi connectivity index (χ1n) is 9.98. The van der Waals surface area contributed by atoms with E-state index < -0.39 is 0 Å². The first-order valence-corrected chi connectivity index (χ1v) is 9.98. The highest BCUT2D eigenvalue weighted by atomic mass is 16.5. The lowest BCUT2D eigenvalue weighted by Gasteiger charge is -2.35. The first kappa shape index (κ1) is 18.2. The predicted octanol–water partition coefficient (Wildman–Crippen LogP) is 3.44. The summed E-state index contributed by atoms with van der Waals surface area (Å²) >= 11 is 0. The van der Waals surface area contributed by atoms with Gasteiger partial charge < -0.3 is 10.1 Å². The number of hydrogen-bond donors (Lipinski definition) is 1. The van der Waals surface area contributed by atoms with Crippen molar-refractivity contribution in [3.63, 3.8) is 0 Å². The fourth-order valence-electron chi connectivity index (χ4n) is 4.10. The number of methoxy groups -OCH3 is 1. The Morgan fingerprint density at radius 3 is 2.67 bits per heavy atom. The average Bonchev–Trinajstić information content (AvgIpc) is 3.36. The van der Waals surface area contributed by atoms with Crippen LogP contribution in [-0.2, 0) is 12.1 Å². The van der Waals surface area contributed by atoms with Crippen LogP contribution in [-0.4, -0.2) is 33.4 Å². The number of allylic oxidation sites excluding steroid dienone is 1. The van der Waals surface area contributed by atoms with Crippen LogP contribution in [0.2, 0.25) is 0 Å². The molecule has 1 aromatic heterocycles. The second-order valence-electron chi connectivity index (χ2n) is 8.11. The highest BCUT2D eigenvalue weighted by Crippen LogP contribution is 2.40. The maximum Gasteiger partial charge on any atom is 0.171 e. The average molecular weight is 367 g/mol. The van der Waals surface area contributed by atoms with E-state index in [4.69, 9.17) is 4.74 Å². The van der Waals surface area contributed by atoms with Crippen LogP contribution in [0.4, 0.5) is 0 Å². The van der Waals surface area contributed by atoms with Crippen molar-refractivity contribution in [2.24, 2.45) is 5.92 Å². The van der Waals surface area contributed by atoms with Crippen LogP contribution < -0.4 is 10.1 Å². The van der Waals surface area contributed by atoms with Gasteiger partial charge in [0, 0.05) is 6.04 Å². The molecule has 0 radical (unpaired) electrons. The molecule has 1 unspecified atom stereocenters. The van der Waals surface area contributed by atoms with Crippen molar-refractivity contribution >= 4 is 0 Å². The second kappa shape index (κ2) is 7.80. The van der Waals surface area contributed by atoms with Gasteiger partial charge in [-0.25, -0.2) is 4.68 Å². The van der Waals surface area contributed by atoms with Crippen molar-refractivity contribution in [2.75, 3.05) is 7.11 Å². The van der Waals surface area contributed by atoms with Crippen LogP contribution in [0.15, 0.2) is 36.4 Å². The minimum atomic E-state index is -0.201. The third kappa shape index (κ3) is 4.38. The summed E-state index contributed by atoms with van der Waals surface area (Å²) in [4.78, 5) is 0. The number of benzene rings is 1. The SMILES string of the molecule is COc1ccc(Cn2nnnc2C(C)(CC2CC2)N[C@@H]2CC=CCC2)cc1. The summed E-state index contributed by atoms with van der Waals surface area (Å²) < 4.78 is 7.21. The number of nitrogens with one attached hydrogen (secondary N) is 1. The molecule has 144 valence electrons. The standard InChI is InChI=1S/C21H29N5O/c1-21(14-16-8-9-16,22-18-6-4-3-5-7-18)20-23-24-25-26(20)15-17-10-12-19(27-2)13-11-17/h3-4,10-13,16,18,22H,5-9,14-15H2,1-2H3/t18-,21?/m1/s1. The number of rotatable bonds is 8. The molecule has 6 heteroatoms. The molecule has 6 nitrogen and oxygen atoms in total. The topological polar surface area (TPSA) is 64.9 Å². The molecule has 2 atom stereocenters. The van der Waals surface area contributed by atoms with Gasteiger partial charge in [0.05, 0.1) is 19.2 Å². The normalized spacial score (nSPS) is 21.8. The van der Waals surface area contributed by atoms with Crippen molar-refractivity contribution in [1.29, 1.82) is 0 Å². The Labute approximate surface area is 161 Å². The molecule has 2 aliphatic rings. The summed E-state index contributed by atoms with van der Waals surface area (Å²) in [6.45, 7) is 2.94. The summed E-state index contributed by atoms with van der Waals surface area (Å²) in [5.41, 5.74) is 0.964. The molecule has 0 saturated heterocycles. The van der Waals surface area contributed by atoms with Gasteiger partial charge in [-0.3, -0.25) is 0 Å². The van der Waals surface area contributed by atoms with Gasteiger partial charge in [-0.1, -0.05) is 37.1 Å². The van der Waals surface area contributed by atoms with Gasteiger partial charge in [-0.05, 0) is 66.6 Å². The Hall–Kier alpha value is -2.21. The van der Waals surface area contributed by atoms with E-state index >= 15 is 0 Å². The Morgan fingerprint density at radius 2 is 2.00 bits per heavy atom. The maximum absolute atomic E-state index is 5.25. The highest BCUT2D eigenvalue weighted by Gasteiger charge is 2.39. The van der Waals surface area contributed by atoms with Gasteiger partial charge in [0.1, 0.15) is 5.75 Å². The van der Waals surface area contributed by atoms with E-state index in [2.05, 4.69) is 52.1 Å². The predicted molar refractivity (Wildman–Crippen MR) is 105 cm³/mol. The van der Waals surface area contributed by atoms with E-state index in [0.29, 0.717) is 12.6 Å². The van der Waals surface area contributed by atoms with E-state index in [9.17, 15) is 0 Å². The number of aromatic nitrogens is 4. The van der Waals surface area contributed by atoms with Gasteiger partial charge in [-0.2, -0.15) is 0 Å². The lowest BCUT2D eigenvalue weighted by Crippen LogP contribution is -2.48. The molecule has 1 heterocycles. The zero-order valence-corrected chi connectivity index (χ0v) is 16.3. The van der Waals surface area contributed by atoms with Gasteiger partial charge >= 0.3 is 0 Å². The minimum Gasteiger partial charge on any atom is -0.497 e. The van der Waals surface area contributed by atoms with E-state index in [1.54, 1.807) is 7.11 Å². The molecule has 1 aromatic carbocycles. The van der Waals surface area contributed by atoms with Crippen molar-refractivity contribution < 1.29 is 4.74 Å². The van der Waals surface area contributed by atoms with Crippen LogP contribution in [0.3, 0.4) is 0 Å². The zero-order chi connectivity index (χ0) is 18.7. The molecular weight excluding hydrogens is 338 g/mol. The molecule has 1 fully saturated rings. The fourth-order valence-corrected chi connectivity index (χ4v) is 4.10. The third-order valence-electron chi connectivity index (χ3n) is 5.70. The van der Waals surface area contributed by atoms with Crippen LogP contribution in [0, 0.1) is 5.92 Å². The second-order valence-corrected chi connectivity index (χ2v) is 8.11. The maximum atomic E-state index is 5.25. The number of hydrogen-bond acceptors (Lipinski definition) is 5. The van der Waals surface area contributed by atoms with Gasteiger partial charge in [0.2, 0.25) is 0 Å². The minimum absolute atomic E-state index is 0.201. The van der Waals surface area contributed by atoms with Crippen molar-refractivity contribution in [1.82, 2.24) is 25.5 Å². The summed E-state index contributed by atoms with van der Waals surface area (Å²) in [6, 6.07) is 8.60. The van der Waals surface area contributed by atoms with Gasteiger partial charge in [-0.15, -0.1) is 5.10 Å². The van der Waals surface area contributed by atoms with E-state index in [-0.39, 0.29) is 5.54 Å². The number of ether oxygens (including phenoxy) is 1. The monoisotopic (exact) mass is 367 g/mol. The summed E-state index contributed by atoms with van der Waals surface area (Å²) in [5, 5.41) is 16.7. The van der Waals surface area contributed by atoms with Gasteiger partial charge in [0.15, 0.2) is 5.82 Å². The van der Waals surface area contributed by atoms with Crippen LogP contribution in [0.5, 0.6) is 5.75 Å². The molecule has 2 aliphatic carbocycles. The van der Waals surface area contributed by atoms with Gasteiger partial charge in [0.25, 0.3) is 0 Å². The largest absolute Gasteiger partial charge is 0.497 e. The highest BCUT2D eigenvalue weighted by molar-refractivity contribution is 5.27.